The number of hydrogen-bond acceptors (Lipinski definition) is 1. The van der Waals surface area contributed by atoms with E-state index in [4.69, 9.17) is 0 Å². The molecule has 0 radical (unpaired) electrons. The number of rotatable bonds is 0. The lowest BCUT2D eigenvalue weighted by atomic mass is 10.0. The molecule has 0 unspecified atom stereocenters. The molecule has 17 heavy (non-hydrogen) atoms. The van der Waals surface area contributed by atoms with Gasteiger partial charge in [0.05, 0.1) is 11.0 Å². The van der Waals surface area contributed by atoms with E-state index in [0.29, 0.717) is 0 Å². The maximum absolute atomic E-state index is 11.1. The Bertz CT molecular complexity index is 521. The number of benzene rings is 1. The molecule has 1 aromatic carbocycles. The van der Waals surface area contributed by atoms with Gasteiger partial charge in [0.1, 0.15) is 0 Å². The zero-order chi connectivity index (χ0) is 13.6. The third-order valence-corrected chi connectivity index (χ3v) is 2.52. The fraction of sp³-hybridized carbons (Fsp3) is 0.500. The fourth-order valence-electron chi connectivity index (χ4n) is 1.66. The van der Waals surface area contributed by atoms with Gasteiger partial charge in [0, 0.05) is 0 Å². The Kier molecular flexibility index (Phi) is 6.33. The van der Waals surface area contributed by atoms with Gasteiger partial charge in [-0.15, -0.1) is 0 Å². The monoisotopic (exact) mass is 236 g/mol. The Balaban J connectivity index is 0.000000581. The quantitative estimate of drug-likeness (QED) is 0.717. The SMILES string of the molecule is CC.CC.Cc1cc(C)c2[nH]c(=O)[nH]c2c1C. The van der Waals surface area contributed by atoms with Crippen LogP contribution in [0.25, 0.3) is 11.0 Å². The van der Waals surface area contributed by atoms with Gasteiger partial charge in [-0.3, -0.25) is 0 Å². The molecule has 0 saturated carbocycles. The maximum atomic E-state index is 11.1. The Labute approximate surface area is 103 Å². The van der Waals surface area contributed by atoms with Crippen LogP contribution >= 0.6 is 0 Å². The molecule has 0 atom stereocenters. The molecular formula is C14H24N2O. The first-order valence-corrected chi connectivity index (χ1v) is 6.28. The molecule has 1 aromatic heterocycles. The van der Waals surface area contributed by atoms with Crippen molar-refractivity contribution in [2.45, 2.75) is 48.5 Å². The average molecular weight is 236 g/mol. The van der Waals surface area contributed by atoms with Gasteiger partial charge in [-0.05, 0) is 37.5 Å². The van der Waals surface area contributed by atoms with Crippen LogP contribution in [0, 0.1) is 20.8 Å². The number of aryl methyl sites for hydroxylation is 3. The highest BCUT2D eigenvalue weighted by Crippen LogP contribution is 2.20. The van der Waals surface area contributed by atoms with E-state index in [9.17, 15) is 4.79 Å². The highest BCUT2D eigenvalue weighted by atomic mass is 16.1. The van der Waals surface area contributed by atoms with Crippen LogP contribution < -0.4 is 5.69 Å². The summed E-state index contributed by atoms with van der Waals surface area (Å²) in [4.78, 5) is 16.7. The standard InChI is InChI=1S/C10H12N2O.2C2H6/c1-5-4-6(2)8-9(7(5)3)12-10(13)11-8;2*1-2/h4H,1-3H3,(H2,11,12,13);2*1-2H3. The van der Waals surface area contributed by atoms with Crippen molar-refractivity contribution < 1.29 is 0 Å². The zero-order valence-corrected chi connectivity index (χ0v) is 12.0. The van der Waals surface area contributed by atoms with Crippen LogP contribution in [0.5, 0.6) is 0 Å². The van der Waals surface area contributed by atoms with Gasteiger partial charge in [0.2, 0.25) is 0 Å². The Hall–Kier alpha value is -1.51. The first-order valence-electron chi connectivity index (χ1n) is 6.28. The summed E-state index contributed by atoms with van der Waals surface area (Å²) in [5.41, 5.74) is 5.18. The van der Waals surface area contributed by atoms with Gasteiger partial charge < -0.3 is 9.97 Å². The predicted octanol–water partition coefficient (Wildman–Crippen LogP) is 3.83. The molecule has 0 fully saturated rings. The van der Waals surface area contributed by atoms with E-state index < -0.39 is 0 Å². The summed E-state index contributed by atoms with van der Waals surface area (Å²) in [6, 6.07) is 2.08. The molecule has 0 amide bonds. The Morgan fingerprint density at radius 2 is 1.29 bits per heavy atom. The second-order valence-corrected chi connectivity index (χ2v) is 3.46. The van der Waals surface area contributed by atoms with Crippen molar-refractivity contribution in [1.82, 2.24) is 9.97 Å². The molecule has 0 bridgehead atoms. The fourth-order valence-corrected chi connectivity index (χ4v) is 1.66. The highest BCUT2D eigenvalue weighted by Gasteiger charge is 2.06. The van der Waals surface area contributed by atoms with E-state index in [-0.39, 0.29) is 5.69 Å². The van der Waals surface area contributed by atoms with Crippen LogP contribution in [-0.2, 0) is 0 Å². The molecule has 3 nitrogen and oxygen atoms in total. The molecule has 0 aliphatic carbocycles. The third-order valence-electron chi connectivity index (χ3n) is 2.52. The predicted molar refractivity (Wildman–Crippen MR) is 75.8 cm³/mol. The molecule has 0 spiro atoms. The summed E-state index contributed by atoms with van der Waals surface area (Å²) < 4.78 is 0. The maximum Gasteiger partial charge on any atom is 0.323 e. The smallest absolute Gasteiger partial charge is 0.305 e. The molecule has 1 heterocycles. The molecule has 96 valence electrons. The Morgan fingerprint density at radius 1 is 0.824 bits per heavy atom. The number of aromatic nitrogens is 2. The lowest BCUT2D eigenvalue weighted by Gasteiger charge is -2.03. The second kappa shape index (κ2) is 6.94. The summed E-state index contributed by atoms with van der Waals surface area (Å²) in [6.45, 7) is 14.1. The Morgan fingerprint density at radius 3 is 1.82 bits per heavy atom. The van der Waals surface area contributed by atoms with Gasteiger partial charge in [0.15, 0.2) is 0 Å². The zero-order valence-electron chi connectivity index (χ0n) is 12.0. The summed E-state index contributed by atoms with van der Waals surface area (Å²) in [6.07, 6.45) is 0. The number of hydrogen-bond donors (Lipinski definition) is 2. The minimum absolute atomic E-state index is 0.133. The minimum atomic E-state index is -0.133. The first kappa shape index (κ1) is 15.5. The summed E-state index contributed by atoms with van der Waals surface area (Å²) in [5.74, 6) is 0. The topological polar surface area (TPSA) is 48.6 Å². The van der Waals surface area contributed by atoms with Crippen molar-refractivity contribution in [3.8, 4) is 0 Å². The molecule has 2 rings (SSSR count). The van der Waals surface area contributed by atoms with Gasteiger partial charge in [0.25, 0.3) is 0 Å². The van der Waals surface area contributed by atoms with Gasteiger partial charge in [-0.1, -0.05) is 33.8 Å². The summed E-state index contributed by atoms with van der Waals surface area (Å²) in [7, 11) is 0. The van der Waals surface area contributed by atoms with Crippen molar-refractivity contribution in [2.75, 3.05) is 0 Å². The van der Waals surface area contributed by atoms with E-state index in [1.165, 1.54) is 5.56 Å². The largest absolute Gasteiger partial charge is 0.323 e. The second-order valence-electron chi connectivity index (χ2n) is 3.46. The summed E-state index contributed by atoms with van der Waals surface area (Å²) in [5, 5.41) is 0. The van der Waals surface area contributed by atoms with Crippen LogP contribution in [0.3, 0.4) is 0 Å². The van der Waals surface area contributed by atoms with E-state index in [2.05, 4.69) is 16.0 Å². The lowest BCUT2D eigenvalue weighted by Crippen LogP contribution is -1.99. The van der Waals surface area contributed by atoms with Crippen LogP contribution in [0.2, 0.25) is 0 Å². The summed E-state index contributed by atoms with van der Waals surface area (Å²) >= 11 is 0. The van der Waals surface area contributed by atoms with Crippen molar-refractivity contribution in [1.29, 1.82) is 0 Å². The van der Waals surface area contributed by atoms with Gasteiger partial charge in [-0.25, -0.2) is 4.79 Å². The third kappa shape index (κ3) is 3.22. The van der Waals surface area contributed by atoms with Crippen LogP contribution in [0.15, 0.2) is 10.9 Å². The average Bonchev–Trinajstić information content (AvgIpc) is 2.74. The molecule has 2 aromatic rings. The van der Waals surface area contributed by atoms with Crippen molar-refractivity contribution in [3.63, 3.8) is 0 Å². The first-order chi connectivity index (χ1) is 8.09. The van der Waals surface area contributed by atoms with Crippen molar-refractivity contribution in [2.24, 2.45) is 0 Å². The van der Waals surface area contributed by atoms with Crippen LogP contribution in [-0.4, -0.2) is 9.97 Å². The van der Waals surface area contributed by atoms with Gasteiger partial charge >= 0.3 is 5.69 Å². The van der Waals surface area contributed by atoms with Gasteiger partial charge in [-0.2, -0.15) is 0 Å². The highest BCUT2D eigenvalue weighted by molar-refractivity contribution is 5.82. The molecule has 0 aliphatic heterocycles. The van der Waals surface area contributed by atoms with E-state index in [1.807, 2.05) is 48.5 Å². The lowest BCUT2D eigenvalue weighted by molar-refractivity contribution is 1.21. The van der Waals surface area contributed by atoms with Crippen LogP contribution in [0.1, 0.15) is 44.4 Å². The van der Waals surface area contributed by atoms with Crippen LogP contribution in [0.4, 0.5) is 0 Å². The van der Waals surface area contributed by atoms with Crippen molar-refractivity contribution in [3.05, 3.63) is 33.2 Å². The van der Waals surface area contributed by atoms with E-state index >= 15 is 0 Å². The number of imidazole rings is 1. The number of fused-ring (bicyclic) bond motifs is 1. The molecular weight excluding hydrogens is 212 g/mol. The minimum Gasteiger partial charge on any atom is -0.305 e. The van der Waals surface area contributed by atoms with Crippen molar-refractivity contribution >= 4 is 11.0 Å². The van der Waals surface area contributed by atoms with E-state index in [1.54, 1.807) is 0 Å². The molecule has 3 heteroatoms. The number of H-pyrrole nitrogens is 2. The van der Waals surface area contributed by atoms with E-state index in [0.717, 1.165) is 22.2 Å². The normalized spacial score (nSPS) is 9.12. The number of nitrogens with one attached hydrogen (secondary N) is 2. The number of aromatic amines is 2. The molecule has 0 saturated heterocycles. The molecule has 2 N–H and O–H groups in total. The molecule has 0 aliphatic rings.